The Morgan fingerprint density at radius 3 is 2.79 bits per heavy atom. The molecule has 0 saturated carbocycles. The Labute approximate surface area is 114 Å². The van der Waals surface area contributed by atoms with E-state index in [1.807, 2.05) is 41.1 Å². The molecule has 19 heavy (non-hydrogen) atoms. The molecule has 0 fully saturated rings. The lowest BCUT2D eigenvalue weighted by atomic mass is 10.1. The molecule has 0 bridgehead atoms. The molecule has 0 radical (unpaired) electrons. The largest absolute Gasteiger partial charge is 0.391 e. The Bertz CT molecular complexity index is 481. The van der Waals surface area contributed by atoms with Crippen LogP contribution in [0.1, 0.15) is 18.2 Å². The molecule has 0 aliphatic carbocycles. The van der Waals surface area contributed by atoms with Crippen LogP contribution in [0.3, 0.4) is 0 Å². The highest BCUT2D eigenvalue weighted by atomic mass is 16.3. The van der Waals surface area contributed by atoms with Crippen LogP contribution >= 0.6 is 0 Å². The molecule has 2 rings (SSSR count). The molecule has 2 aromatic rings. The van der Waals surface area contributed by atoms with Crippen molar-refractivity contribution in [3.05, 3.63) is 53.9 Å². The molecule has 0 aliphatic heterocycles. The summed E-state index contributed by atoms with van der Waals surface area (Å²) in [6.07, 6.45) is 2.13. The van der Waals surface area contributed by atoms with E-state index in [0.717, 1.165) is 24.3 Å². The maximum atomic E-state index is 9.97. The molecule has 1 unspecified atom stereocenters. The zero-order chi connectivity index (χ0) is 13.5. The summed E-state index contributed by atoms with van der Waals surface area (Å²) in [5.74, 6) is 0. The number of nitrogens with zero attached hydrogens (tertiary/aromatic N) is 2. The van der Waals surface area contributed by atoms with Crippen molar-refractivity contribution < 1.29 is 5.11 Å². The average Bonchev–Trinajstić information content (AvgIpc) is 2.87. The van der Waals surface area contributed by atoms with Crippen LogP contribution in [0.2, 0.25) is 0 Å². The molecule has 102 valence electrons. The van der Waals surface area contributed by atoms with Crippen LogP contribution in [0.5, 0.6) is 0 Å². The Kier molecular flexibility index (Phi) is 5.12. The highest BCUT2D eigenvalue weighted by molar-refractivity contribution is 5.15. The van der Waals surface area contributed by atoms with Crippen molar-refractivity contribution in [2.75, 3.05) is 6.54 Å². The summed E-state index contributed by atoms with van der Waals surface area (Å²) in [5.41, 5.74) is 2.31. The summed E-state index contributed by atoms with van der Waals surface area (Å²) in [7, 11) is 0. The van der Waals surface area contributed by atoms with Gasteiger partial charge in [-0.05, 0) is 25.0 Å². The topological polar surface area (TPSA) is 50.1 Å². The molecular formula is C15H21N3O. The minimum absolute atomic E-state index is 0.361. The maximum absolute atomic E-state index is 9.97. The van der Waals surface area contributed by atoms with E-state index in [1.54, 1.807) is 6.20 Å². The van der Waals surface area contributed by atoms with Crippen LogP contribution in [0.15, 0.2) is 42.6 Å². The molecule has 0 amide bonds. The third-order valence-electron chi connectivity index (χ3n) is 3.10. The molecule has 1 atom stereocenters. The summed E-state index contributed by atoms with van der Waals surface area (Å²) in [4.78, 5) is 0. The molecule has 0 spiro atoms. The van der Waals surface area contributed by atoms with E-state index in [9.17, 15) is 5.11 Å². The van der Waals surface area contributed by atoms with Crippen molar-refractivity contribution >= 4 is 0 Å². The molecule has 4 nitrogen and oxygen atoms in total. The van der Waals surface area contributed by atoms with Crippen LogP contribution in [-0.2, 0) is 19.5 Å². The minimum Gasteiger partial charge on any atom is -0.391 e. The van der Waals surface area contributed by atoms with Crippen molar-refractivity contribution in [2.24, 2.45) is 0 Å². The van der Waals surface area contributed by atoms with Crippen molar-refractivity contribution in [1.29, 1.82) is 0 Å². The van der Waals surface area contributed by atoms with Crippen molar-refractivity contribution in [3.63, 3.8) is 0 Å². The first-order valence-electron chi connectivity index (χ1n) is 6.73. The monoisotopic (exact) mass is 259 g/mol. The number of benzene rings is 1. The van der Waals surface area contributed by atoms with Crippen LogP contribution < -0.4 is 5.32 Å². The van der Waals surface area contributed by atoms with E-state index in [1.165, 1.54) is 0 Å². The summed E-state index contributed by atoms with van der Waals surface area (Å²) >= 11 is 0. The van der Waals surface area contributed by atoms with Gasteiger partial charge in [0.1, 0.15) is 0 Å². The number of aryl methyl sites for hydroxylation is 1. The Morgan fingerprint density at radius 1 is 1.26 bits per heavy atom. The summed E-state index contributed by atoms with van der Waals surface area (Å²) in [5, 5.41) is 17.5. The van der Waals surface area contributed by atoms with Crippen molar-refractivity contribution in [2.45, 2.75) is 32.5 Å². The smallest absolute Gasteiger partial charge is 0.0704 e. The lowest BCUT2D eigenvalue weighted by molar-refractivity contribution is 0.171. The highest BCUT2D eigenvalue weighted by Gasteiger charge is 2.06. The fraction of sp³-hybridized carbons (Fsp3) is 0.400. The van der Waals surface area contributed by atoms with Gasteiger partial charge in [0.05, 0.1) is 11.8 Å². The second kappa shape index (κ2) is 7.07. The van der Waals surface area contributed by atoms with E-state index in [0.29, 0.717) is 13.0 Å². The summed E-state index contributed by atoms with van der Waals surface area (Å²) < 4.78 is 1.95. The molecule has 1 aromatic heterocycles. The van der Waals surface area contributed by atoms with Crippen LogP contribution in [0.4, 0.5) is 0 Å². The number of hydrogen-bond donors (Lipinski definition) is 2. The van der Waals surface area contributed by atoms with Crippen molar-refractivity contribution in [1.82, 2.24) is 15.1 Å². The number of hydrogen-bond acceptors (Lipinski definition) is 3. The van der Waals surface area contributed by atoms with E-state index in [2.05, 4.69) is 17.3 Å². The Balaban J connectivity index is 1.74. The summed E-state index contributed by atoms with van der Waals surface area (Å²) in [6, 6.07) is 12.1. The highest BCUT2D eigenvalue weighted by Crippen LogP contribution is 2.03. The van der Waals surface area contributed by atoms with Gasteiger partial charge >= 0.3 is 0 Å². The maximum Gasteiger partial charge on any atom is 0.0704 e. The third-order valence-corrected chi connectivity index (χ3v) is 3.10. The number of nitrogens with one attached hydrogen (secondary N) is 1. The van der Waals surface area contributed by atoms with Gasteiger partial charge in [-0.25, -0.2) is 0 Å². The number of aromatic nitrogens is 2. The van der Waals surface area contributed by atoms with Gasteiger partial charge in [0.15, 0.2) is 0 Å². The Hall–Kier alpha value is -1.65. The van der Waals surface area contributed by atoms with Gasteiger partial charge in [-0.15, -0.1) is 0 Å². The van der Waals surface area contributed by atoms with E-state index < -0.39 is 0 Å². The molecular weight excluding hydrogens is 238 g/mol. The van der Waals surface area contributed by atoms with Crippen LogP contribution in [0.25, 0.3) is 0 Å². The predicted molar refractivity (Wildman–Crippen MR) is 75.8 cm³/mol. The van der Waals surface area contributed by atoms with Gasteiger partial charge in [0, 0.05) is 25.8 Å². The molecule has 4 heteroatoms. The summed E-state index contributed by atoms with van der Waals surface area (Å²) in [6.45, 7) is 4.26. The molecule has 2 N–H and O–H groups in total. The number of aliphatic hydroxyl groups excluding tert-OH is 1. The predicted octanol–water partition coefficient (Wildman–Crippen LogP) is 1.60. The molecule has 1 aromatic carbocycles. The zero-order valence-corrected chi connectivity index (χ0v) is 11.3. The van der Waals surface area contributed by atoms with E-state index >= 15 is 0 Å². The second-order valence-electron chi connectivity index (χ2n) is 4.61. The zero-order valence-electron chi connectivity index (χ0n) is 11.3. The first-order chi connectivity index (χ1) is 9.29. The molecule has 0 aliphatic rings. The molecule has 1 heterocycles. The van der Waals surface area contributed by atoms with Gasteiger partial charge in [0.2, 0.25) is 0 Å². The SMILES string of the molecule is CCn1nccc1CNCC(O)Cc1ccccc1. The van der Waals surface area contributed by atoms with Gasteiger partial charge in [-0.2, -0.15) is 5.10 Å². The Morgan fingerprint density at radius 2 is 2.05 bits per heavy atom. The van der Waals surface area contributed by atoms with Crippen molar-refractivity contribution in [3.8, 4) is 0 Å². The van der Waals surface area contributed by atoms with Gasteiger partial charge in [-0.1, -0.05) is 30.3 Å². The lowest BCUT2D eigenvalue weighted by Gasteiger charge is -2.12. The van der Waals surface area contributed by atoms with Crippen LogP contribution in [-0.4, -0.2) is 27.5 Å². The van der Waals surface area contributed by atoms with E-state index in [-0.39, 0.29) is 6.10 Å². The third kappa shape index (κ3) is 4.19. The number of aliphatic hydroxyl groups is 1. The lowest BCUT2D eigenvalue weighted by Crippen LogP contribution is -2.28. The number of rotatable bonds is 7. The average molecular weight is 259 g/mol. The molecule has 0 saturated heterocycles. The van der Waals surface area contributed by atoms with Gasteiger partial charge in [-0.3, -0.25) is 4.68 Å². The van der Waals surface area contributed by atoms with Gasteiger partial charge in [0.25, 0.3) is 0 Å². The van der Waals surface area contributed by atoms with E-state index in [4.69, 9.17) is 0 Å². The fourth-order valence-corrected chi connectivity index (χ4v) is 2.12. The normalized spacial score (nSPS) is 12.5. The standard InChI is InChI=1S/C15H21N3O/c1-2-18-14(8-9-17-18)11-16-12-15(19)10-13-6-4-3-5-7-13/h3-9,15-16,19H,2,10-12H2,1H3. The first kappa shape index (κ1) is 13.8. The van der Waals surface area contributed by atoms with Gasteiger partial charge < -0.3 is 10.4 Å². The quantitative estimate of drug-likeness (QED) is 0.794. The first-order valence-corrected chi connectivity index (χ1v) is 6.73. The van der Waals surface area contributed by atoms with Crippen LogP contribution in [0, 0.1) is 0 Å². The second-order valence-corrected chi connectivity index (χ2v) is 4.61. The fourth-order valence-electron chi connectivity index (χ4n) is 2.12. The minimum atomic E-state index is -0.361.